The van der Waals surface area contributed by atoms with Gasteiger partial charge in [0, 0.05) is 5.39 Å². The van der Waals surface area contributed by atoms with Crippen molar-refractivity contribution in [3.8, 4) is 22.9 Å². The van der Waals surface area contributed by atoms with Crippen LogP contribution in [0.15, 0.2) is 71.3 Å². The third kappa shape index (κ3) is 3.06. The number of furan rings is 1. The molecule has 2 aromatic carbocycles. The third-order valence-corrected chi connectivity index (χ3v) is 4.35. The van der Waals surface area contributed by atoms with Crippen LogP contribution in [0, 0.1) is 11.3 Å². The van der Waals surface area contributed by atoms with Crippen molar-refractivity contribution in [2.24, 2.45) is 0 Å². The van der Waals surface area contributed by atoms with E-state index in [4.69, 9.17) is 9.15 Å². The van der Waals surface area contributed by atoms with E-state index in [0.29, 0.717) is 11.3 Å². The van der Waals surface area contributed by atoms with Crippen molar-refractivity contribution >= 4 is 22.6 Å². The van der Waals surface area contributed by atoms with Gasteiger partial charge >= 0.3 is 0 Å². The summed E-state index contributed by atoms with van der Waals surface area (Å²) in [4.78, 5) is 16.9. The molecule has 1 N–H and O–H groups in total. The first-order valence-corrected chi connectivity index (χ1v) is 8.53. The topological polar surface area (TPSA) is 88.1 Å². The van der Waals surface area contributed by atoms with E-state index in [1.54, 1.807) is 19.2 Å². The van der Waals surface area contributed by atoms with Crippen molar-refractivity contribution in [3.63, 3.8) is 0 Å². The van der Waals surface area contributed by atoms with Crippen molar-refractivity contribution in [1.82, 2.24) is 4.98 Å². The fourth-order valence-electron chi connectivity index (χ4n) is 3.03. The minimum Gasteiger partial charge on any atom is -0.494 e. The first-order chi connectivity index (χ1) is 13.7. The molecule has 0 atom stereocenters. The zero-order valence-corrected chi connectivity index (χ0v) is 15.0. The van der Waals surface area contributed by atoms with Crippen molar-refractivity contribution in [3.05, 3.63) is 78.3 Å². The van der Waals surface area contributed by atoms with Gasteiger partial charge in [0.25, 0.3) is 5.91 Å². The molecule has 28 heavy (non-hydrogen) atoms. The van der Waals surface area contributed by atoms with Gasteiger partial charge in [-0.3, -0.25) is 4.79 Å². The van der Waals surface area contributed by atoms with E-state index in [9.17, 15) is 10.1 Å². The van der Waals surface area contributed by atoms with Gasteiger partial charge in [-0.05, 0) is 41.5 Å². The van der Waals surface area contributed by atoms with Gasteiger partial charge in [-0.15, -0.1) is 0 Å². The highest BCUT2D eigenvalue weighted by Gasteiger charge is 2.17. The molecule has 0 saturated heterocycles. The lowest BCUT2D eigenvalue weighted by molar-refractivity contribution is 0.0996. The number of nitrogens with one attached hydrogen (secondary N) is 1. The van der Waals surface area contributed by atoms with Gasteiger partial charge in [0.1, 0.15) is 17.3 Å². The van der Waals surface area contributed by atoms with E-state index >= 15 is 0 Å². The van der Waals surface area contributed by atoms with E-state index in [2.05, 4.69) is 16.4 Å². The SMILES string of the molecule is COc1ccc(-c2ccccc2)c2cc(C#N)c(NC(=O)c3ccco3)nc12. The smallest absolute Gasteiger partial charge is 0.292 e. The van der Waals surface area contributed by atoms with Crippen LogP contribution in [0.2, 0.25) is 0 Å². The first-order valence-electron chi connectivity index (χ1n) is 8.53. The first kappa shape index (κ1) is 17.3. The number of carbonyl (C=O) groups excluding carboxylic acids is 1. The van der Waals surface area contributed by atoms with E-state index < -0.39 is 5.91 Å². The van der Waals surface area contributed by atoms with Crippen LogP contribution in [-0.4, -0.2) is 18.0 Å². The largest absolute Gasteiger partial charge is 0.494 e. The summed E-state index contributed by atoms with van der Waals surface area (Å²) in [6.07, 6.45) is 1.41. The van der Waals surface area contributed by atoms with E-state index in [1.165, 1.54) is 12.3 Å². The number of aromatic nitrogens is 1. The highest BCUT2D eigenvalue weighted by atomic mass is 16.5. The molecule has 0 bridgehead atoms. The summed E-state index contributed by atoms with van der Waals surface area (Å²) in [7, 11) is 1.55. The maximum Gasteiger partial charge on any atom is 0.292 e. The van der Waals surface area contributed by atoms with Crippen LogP contribution in [-0.2, 0) is 0 Å². The van der Waals surface area contributed by atoms with Gasteiger partial charge in [-0.2, -0.15) is 5.26 Å². The van der Waals surface area contributed by atoms with Crippen LogP contribution in [0.3, 0.4) is 0 Å². The molecule has 0 aliphatic carbocycles. The summed E-state index contributed by atoms with van der Waals surface area (Å²) in [5.74, 6) is 0.356. The second-order valence-corrected chi connectivity index (χ2v) is 6.01. The molecule has 2 heterocycles. The summed E-state index contributed by atoms with van der Waals surface area (Å²) < 4.78 is 10.6. The van der Waals surface area contributed by atoms with Crippen LogP contribution in [0.4, 0.5) is 5.82 Å². The zero-order valence-electron chi connectivity index (χ0n) is 15.0. The number of hydrogen-bond acceptors (Lipinski definition) is 5. The minimum absolute atomic E-state index is 0.135. The lowest BCUT2D eigenvalue weighted by Crippen LogP contribution is -2.13. The zero-order chi connectivity index (χ0) is 19.5. The molecule has 4 rings (SSSR count). The summed E-state index contributed by atoms with van der Waals surface area (Å²) in [5.41, 5.74) is 2.72. The van der Waals surface area contributed by atoms with Crippen molar-refractivity contribution < 1.29 is 13.9 Å². The number of nitriles is 1. The van der Waals surface area contributed by atoms with E-state index in [1.807, 2.05) is 42.5 Å². The van der Waals surface area contributed by atoms with Gasteiger partial charge in [-0.1, -0.05) is 30.3 Å². The minimum atomic E-state index is -0.480. The Balaban J connectivity index is 1.89. The Kier molecular flexibility index (Phi) is 4.48. The van der Waals surface area contributed by atoms with Gasteiger partial charge in [-0.25, -0.2) is 4.98 Å². The van der Waals surface area contributed by atoms with Crippen LogP contribution in [0.5, 0.6) is 5.75 Å². The number of anilines is 1. The molecule has 0 aliphatic rings. The number of nitrogens with zero attached hydrogens (tertiary/aromatic N) is 2. The van der Waals surface area contributed by atoms with Gasteiger partial charge in [0.15, 0.2) is 11.6 Å². The number of benzene rings is 2. The number of ether oxygens (including phenoxy) is 1. The van der Waals surface area contributed by atoms with Gasteiger partial charge in [0.05, 0.1) is 18.9 Å². The molecule has 1 amide bonds. The second kappa shape index (κ2) is 7.25. The van der Waals surface area contributed by atoms with E-state index in [0.717, 1.165) is 16.5 Å². The second-order valence-electron chi connectivity index (χ2n) is 6.01. The lowest BCUT2D eigenvalue weighted by Gasteiger charge is -2.13. The molecule has 136 valence electrons. The average molecular weight is 369 g/mol. The summed E-state index contributed by atoms with van der Waals surface area (Å²) in [5, 5.41) is 13.0. The summed E-state index contributed by atoms with van der Waals surface area (Å²) >= 11 is 0. The molecule has 0 fully saturated rings. The fourth-order valence-corrected chi connectivity index (χ4v) is 3.03. The van der Waals surface area contributed by atoms with Crippen molar-refractivity contribution in [2.45, 2.75) is 0 Å². The van der Waals surface area contributed by atoms with Crippen molar-refractivity contribution in [2.75, 3.05) is 12.4 Å². The molecule has 0 unspecified atom stereocenters. The molecule has 0 spiro atoms. The Morgan fingerprint density at radius 3 is 2.64 bits per heavy atom. The monoisotopic (exact) mass is 369 g/mol. The number of hydrogen-bond donors (Lipinski definition) is 1. The standard InChI is InChI=1S/C22H15N3O3/c1-27-18-10-9-16(14-6-3-2-4-7-14)17-12-15(13-23)21(24-20(17)18)25-22(26)19-8-5-11-28-19/h2-12H,1H3,(H,24,25,26). The molecule has 0 aliphatic heterocycles. The Morgan fingerprint density at radius 2 is 1.96 bits per heavy atom. The van der Waals surface area contributed by atoms with Crippen LogP contribution < -0.4 is 10.1 Å². The van der Waals surface area contributed by atoms with E-state index in [-0.39, 0.29) is 17.1 Å². The third-order valence-electron chi connectivity index (χ3n) is 4.35. The summed E-state index contributed by atoms with van der Waals surface area (Å²) in [6, 6.07) is 20.5. The lowest BCUT2D eigenvalue weighted by atomic mass is 9.99. The van der Waals surface area contributed by atoms with Gasteiger partial charge in [0.2, 0.25) is 0 Å². The van der Waals surface area contributed by atoms with Crippen LogP contribution in [0.25, 0.3) is 22.0 Å². The average Bonchev–Trinajstić information content (AvgIpc) is 3.28. The van der Waals surface area contributed by atoms with Crippen LogP contribution >= 0.6 is 0 Å². The maximum atomic E-state index is 12.3. The normalized spacial score (nSPS) is 10.4. The molecule has 6 heteroatoms. The molecule has 2 aromatic heterocycles. The Bertz CT molecular complexity index is 1190. The molecule has 0 saturated carbocycles. The highest BCUT2D eigenvalue weighted by molar-refractivity contribution is 6.05. The Labute approximate surface area is 161 Å². The molecule has 4 aromatic rings. The number of pyridine rings is 1. The maximum absolute atomic E-state index is 12.3. The number of fused-ring (bicyclic) bond motifs is 1. The number of methoxy groups -OCH3 is 1. The molecule has 0 radical (unpaired) electrons. The molecule has 6 nitrogen and oxygen atoms in total. The predicted octanol–water partition coefficient (Wildman–Crippen LogP) is 4.63. The summed E-state index contributed by atoms with van der Waals surface area (Å²) in [6.45, 7) is 0. The molecular formula is C22H15N3O3. The van der Waals surface area contributed by atoms with Crippen molar-refractivity contribution in [1.29, 1.82) is 5.26 Å². The fraction of sp³-hybridized carbons (Fsp3) is 0.0455. The quantitative estimate of drug-likeness (QED) is 0.567. The Hall–Kier alpha value is -4.11. The number of rotatable bonds is 4. The predicted molar refractivity (Wildman–Crippen MR) is 105 cm³/mol. The van der Waals surface area contributed by atoms with Gasteiger partial charge < -0.3 is 14.5 Å². The number of carbonyl (C=O) groups is 1. The molecular weight excluding hydrogens is 354 g/mol. The highest BCUT2D eigenvalue weighted by Crippen LogP contribution is 2.35. The Morgan fingerprint density at radius 1 is 1.14 bits per heavy atom. The van der Waals surface area contributed by atoms with Crippen LogP contribution in [0.1, 0.15) is 16.1 Å². The number of amides is 1.